The quantitative estimate of drug-likeness (QED) is 0.684. The highest BCUT2D eigenvalue weighted by Crippen LogP contribution is 2.19. The van der Waals surface area contributed by atoms with Crippen molar-refractivity contribution in [2.45, 2.75) is 45.4 Å². The first-order valence-corrected chi connectivity index (χ1v) is 9.26. The van der Waals surface area contributed by atoms with Crippen molar-refractivity contribution in [1.82, 2.24) is 24.3 Å². The van der Waals surface area contributed by atoms with E-state index < -0.39 is 11.2 Å². The lowest BCUT2D eigenvalue weighted by atomic mass is 9.96. The molecule has 3 heterocycles. The van der Waals surface area contributed by atoms with Crippen molar-refractivity contribution < 1.29 is 9.32 Å². The van der Waals surface area contributed by atoms with Gasteiger partial charge in [0.25, 0.3) is 5.56 Å². The summed E-state index contributed by atoms with van der Waals surface area (Å²) in [7, 11) is 2.94. The summed E-state index contributed by atoms with van der Waals surface area (Å²) in [6.45, 7) is 5.99. The summed E-state index contributed by atoms with van der Waals surface area (Å²) in [5, 5.41) is 6.94. The van der Waals surface area contributed by atoms with E-state index in [1.54, 1.807) is 0 Å². The number of rotatable bonds is 5. The van der Waals surface area contributed by atoms with E-state index in [4.69, 9.17) is 4.52 Å². The van der Waals surface area contributed by atoms with E-state index in [0.717, 1.165) is 4.57 Å². The fourth-order valence-electron chi connectivity index (χ4n) is 2.82. The summed E-state index contributed by atoms with van der Waals surface area (Å²) in [4.78, 5) is 45.0. The van der Waals surface area contributed by atoms with Gasteiger partial charge in [-0.15, -0.1) is 0 Å². The molecule has 1 amide bonds. The number of hydrogen-bond acceptors (Lipinski definition) is 7. The molecule has 0 radical (unpaired) electrons. The maximum absolute atomic E-state index is 12.3. The van der Waals surface area contributed by atoms with E-state index in [2.05, 4.69) is 20.4 Å². The molecule has 0 aliphatic carbocycles. The number of aryl methyl sites for hydroxylation is 2. The van der Waals surface area contributed by atoms with Crippen LogP contribution in [0.4, 0.5) is 5.69 Å². The summed E-state index contributed by atoms with van der Waals surface area (Å²) in [6.07, 6.45) is 2.70. The SMILES string of the molecule is Cn1c(=O)c2cc(NC(=O)CCCc3nc(C(C)(C)C)no3)cnc2n(C)c1=O. The second-order valence-corrected chi connectivity index (χ2v) is 7.96. The third-order valence-electron chi connectivity index (χ3n) is 4.51. The minimum Gasteiger partial charge on any atom is -0.339 e. The average Bonchev–Trinajstić information content (AvgIpc) is 3.14. The lowest BCUT2D eigenvalue weighted by Gasteiger charge is -2.10. The van der Waals surface area contributed by atoms with Crippen LogP contribution in [0.2, 0.25) is 0 Å². The average molecular weight is 400 g/mol. The number of fused-ring (bicyclic) bond motifs is 1. The number of amides is 1. The van der Waals surface area contributed by atoms with Crippen molar-refractivity contribution in [2.24, 2.45) is 14.1 Å². The molecule has 0 saturated carbocycles. The van der Waals surface area contributed by atoms with Gasteiger partial charge in [-0.05, 0) is 12.5 Å². The Labute approximate surface area is 166 Å². The van der Waals surface area contributed by atoms with E-state index in [1.165, 1.54) is 30.9 Å². The van der Waals surface area contributed by atoms with Crippen molar-refractivity contribution in [3.8, 4) is 0 Å². The summed E-state index contributed by atoms with van der Waals surface area (Å²) >= 11 is 0. The number of anilines is 1. The monoisotopic (exact) mass is 400 g/mol. The van der Waals surface area contributed by atoms with E-state index in [-0.39, 0.29) is 28.8 Å². The van der Waals surface area contributed by atoms with Gasteiger partial charge in [-0.3, -0.25) is 18.7 Å². The van der Waals surface area contributed by atoms with Crippen LogP contribution in [0.1, 0.15) is 45.3 Å². The maximum Gasteiger partial charge on any atom is 0.332 e. The number of carbonyl (C=O) groups excluding carboxylic acids is 1. The molecular formula is C19H24N6O4. The largest absolute Gasteiger partial charge is 0.339 e. The number of pyridine rings is 1. The molecule has 0 saturated heterocycles. The molecule has 29 heavy (non-hydrogen) atoms. The molecule has 10 nitrogen and oxygen atoms in total. The Kier molecular flexibility index (Phi) is 5.36. The molecule has 0 spiro atoms. The summed E-state index contributed by atoms with van der Waals surface area (Å²) < 4.78 is 7.51. The van der Waals surface area contributed by atoms with Crippen LogP contribution >= 0.6 is 0 Å². The highest BCUT2D eigenvalue weighted by atomic mass is 16.5. The van der Waals surface area contributed by atoms with Gasteiger partial charge in [-0.2, -0.15) is 4.98 Å². The molecule has 0 fully saturated rings. The van der Waals surface area contributed by atoms with Gasteiger partial charge in [0, 0.05) is 32.4 Å². The minimum atomic E-state index is -0.460. The molecule has 10 heteroatoms. The predicted octanol–water partition coefficient (Wildman–Crippen LogP) is 1.27. The highest BCUT2D eigenvalue weighted by molar-refractivity contribution is 5.92. The molecule has 3 aromatic heterocycles. The van der Waals surface area contributed by atoms with Crippen LogP contribution in [0.15, 0.2) is 26.4 Å². The number of aromatic nitrogens is 5. The number of carbonyl (C=O) groups is 1. The van der Waals surface area contributed by atoms with Gasteiger partial charge in [0.15, 0.2) is 5.82 Å². The summed E-state index contributed by atoms with van der Waals surface area (Å²) in [6, 6.07) is 1.52. The molecule has 0 atom stereocenters. The van der Waals surface area contributed by atoms with Crippen molar-refractivity contribution in [1.29, 1.82) is 0 Å². The number of hydrogen-bond donors (Lipinski definition) is 1. The molecule has 0 aliphatic rings. The van der Waals surface area contributed by atoms with Gasteiger partial charge < -0.3 is 9.84 Å². The third-order valence-corrected chi connectivity index (χ3v) is 4.51. The van der Waals surface area contributed by atoms with Gasteiger partial charge >= 0.3 is 5.69 Å². The van der Waals surface area contributed by atoms with Crippen molar-refractivity contribution in [2.75, 3.05) is 5.32 Å². The highest BCUT2D eigenvalue weighted by Gasteiger charge is 2.20. The van der Waals surface area contributed by atoms with Crippen LogP contribution in [-0.2, 0) is 30.7 Å². The second-order valence-electron chi connectivity index (χ2n) is 7.96. The Balaban J connectivity index is 1.65. The zero-order chi connectivity index (χ0) is 21.3. The fourth-order valence-corrected chi connectivity index (χ4v) is 2.82. The molecule has 3 rings (SSSR count). The summed E-state index contributed by atoms with van der Waals surface area (Å²) in [5.74, 6) is 0.915. The van der Waals surface area contributed by atoms with Gasteiger partial charge in [0.2, 0.25) is 11.8 Å². The van der Waals surface area contributed by atoms with Gasteiger partial charge in [0.1, 0.15) is 5.65 Å². The van der Waals surface area contributed by atoms with Crippen LogP contribution in [-0.4, -0.2) is 30.2 Å². The molecule has 3 aromatic rings. The lowest BCUT2D eigenvalue weighted by Crippen LogP contribution is -2.37. The topological polar surface area (TPSA) is 125 Å². The Morgan fingerprint density at radius 3 is 2.59 bits per heavy atom. The van der Waals surface area contributed by atoms with Crippen LogP contribution in [0.5, 0.6) is 0 Å². The van der Waals surface area contributed by atoms with Crippen LogP contribution in [0, 0.1) is 0 Å². The first-order valence-electron chi connectivity index (χ1n) is 9.26. The second kappa shape index (κ2) is 7.61. The first kappa shape index (κ1) is 20.4. The van der Waals surface area contributed by atoms with Crippen molar-refractivity contribution in [3.63, 3.8) is 0 Å². The standard InChI is InChI=1S/C19H24N6O4/c1-19(2,3)17-22-14(29-23-17)8-6-7-13(26)21-11-9-12-15(20-10-11)24(4)18(28)25(5)16(12)27/h9-10H,6-8H2,1-5H3,(H,21,26). The Hall–Kier alpha value is -3.30. The van der Waals surface area contributed by atoms with Crippen molar-refractivity contribution in [3.05, 3.63) is 44.8 Å². The van der Waals surface area contributed by atoms with Crippen LogP contribution < -0.4 is 16.6 Å². The zero-order valence-electron chi connectivity index (χ0n) is 17.1. The van der Waals surface area contributed by atoms with E-state index >= 15 is 0 Å². The molecule has 0 aromatic carbocycles. The van der Waals surface area contributed by atoms with E-state index in [1.807, 2.05) is 20.8 Å². The van der Waals surface area contributed by atoms with Gasteiger partial charge in [0.05, 0.1) is 17.3 Å². The molecule has 154 valence electrons. The first-order chi connectivity index (χ1) is 13.6. The maximum atomic E-state index is 12.3. The Morgan fingerprint density at radius 1 is 1.21 bits per heavy atom. The predicted molar refractivity (Wildman–Crippen MR) is 107 cm³/mol. The van der Waals surface area contributed by atoms with Crippen molar-refractivity contribution >= 4 is 22.6 Å². The van der Waals surface area contributed by atoms with E-state index in [9.17, 15) is 14.4 Å². The Morgan fingerprint density at radius 2 is 1.93 bits per heavy atom. The van der Waals surface area contributed by atoms with Gasteiger partial charge in [-0.1, -0.05) is 25.9 Å². The van der Waals surface area contributed by atoms with Crippen LogP contribution in [0.25, 0.3) is 11.0 Å². The molecular weight excluding hydrogens is 376 g/mol. The molecule has 1 N–H and O–H groups in total. The number of nitrogens with zero attached hydrogens (tertiary/aromatic N) is 5. The molecule has 0 unspecified atom stereocenters. The molecule has 0 bridgehead atoms. The number of nitrogens with one attached hydrogen (secondary N) is 1. The van der Waals surface area contributed by atoms with Gasteiger partial charge in [-0.25, -0.2) is 9.78 Å². The third kappa shape index (κ3) is 4.25. The fraction of sp³-hybridized carbons (Fsp3) is 0.474. The van der Waals surface area contributed by atoms with Crippen LogP contribution in [0.3, 0.4) is 0 Å². The molecule has 0 aliphatic heterocycles. The minimum absolute atomic E-state index is 0.192. The lowest BCUT2D eigenvalue weighted by molar-refractivity contribution is -0.116. The smallest absolute Gasteiger partial charge is 0.332 e. The van der Waals surface area contributed by atoms with E-state index in [0.29, 0.717) is 30.2 Å². The summed E-state index contributed by atoms with van der Waals surface area (Å²) in [5.41, 5.74) is -0.448. The normalized spacial score (nSPS) is 11.8. The Bertz CT molecular complexity index is 1180. The zero-order valence-corrected chi connectivity index (χ0v) is 17.1.